The van der Waals surface area contributed by atoms with Crippen molar-refractivity contribution in [2.45, 2.75) is 209 Å². The lowest BCUT2D eigenvalue weighted by Gasteiger charge is -2.28. The van der Waals surface area contributed by atoms with E-state index in [2.05, 4.69) is 55.4 Å². The summed E-state index contributed by atoms with van der Waals surface area (Å²) >= 11 is 0. The average molecular weight is 661 g/mol. The molecule has 6 N–H and O–H groups in total. The third kappa shape index (κ3) is 32.3. The second kappa shape index (κ2) is 27.6. The molecule has 0 bridgehead atoms. The van der Waals surface area contributed by atoms with Crippen LogP contribution in [0.15, 0.2) is 0 Å². The molecule has 0 aromatic rings. The maximum atomic E-state index is 10.1. The lowest BCUT2D eigenvalue weighted by atomic mass is 9.88. The number of aliphatic hydroxyl groups is 6. The average Bonchev–Trinajstić information content (AvgIpc) is 2.91. The van der Waals surface area contributed by atoms with Gasteiger partial charge in [0.25, 0.3) is 5.97 Å². The summed E-state index contributed by atoms with van der Waals surface area (Å²) in [6.45, 7) is 21.7. The molecule has 0 aromatic carbocycles. The van der Waals surface area contributed by atoms with Crippen LogP contribution < -0.4 is 0 Å². The van der Waals surface area contributed by atoms with Crippen LogP contribution in [0.4, 0.5) is 0 Å². The molecule has 0 saturated carbocycles. The molecule has 6 heteroatoms. The van der Waals surface area contributed by atoms with Gasteiger partial charge in [-0.25, -0.2) is 0 Å². The molecular weight excluding hydrogens is 576 g/mol. The van der Waals surface area contributed by atoms with Gasteiger partial charge in [0.2, 0.25) is 0 Å². The fourth-order valence-electron chi connectivity index (χ4n) is 6.51. The molecule has 0 aromatic heterocycles. The predicted octanol–water partition coefficient (Wildman–Crippen LogP) is 9.61. The molecule has 0 amide bonds. The maximum absolute atomic E-state index is 10.1. The van der Waals surface area contributed by atoms with Crippen molar-refractivity contribution in [2.75, 3.05) is 6.61 Å². The third-order valence-corrected chi connectivity index (χ3v) is 10.0. The zero-order valence-corrected chi connectivity index (χ0v) is 32.4. The first-order valence-corrected chi connectivity index (χ1v) is 19.5. The second-order valence-corrected chi connectivity index (χ2v) is 16.9. The summed E-state index contributed by atoms with van der Waals surface area (Å²) < 4.78 is 0. The summed E-state index contributed by atoms with van der Waals surface area (Å²) in [6.07, 6.45) is 20.8. The topological polar surface area (TPSA) is 121 Å². The molecule has 0 aliphatic carbocycles. The van der Waals surface area contributed by atoms with Gasteiger partial charge in [0.1, 0.15) is 6.10 Å². The Morgan fingerprint density at radius 2 is 0.717 bits per heavy atom. The van der Waals surface area contributed by atoms with E-state index in [-0.39, 0.29) is 18.9 Å². The van der Waals surface area contributed by atoms with E-state index in [9.17, 15) is 10.2 Å². The van der Waals surface area contributed by atoms with E-state index in [1.165, 1.54) is 83.5 Å². The Bertz CT molecular complexity index is 659. The first-order chi connectivity index (χ1) is 21.3. The Balaban J connectivity index is 0. The minimum Gasteiger partial charge on any atom is -0.394 e. The van der Waals surface area contributed by atoms with Gasteiger partial charge in [-0.2, -0.15) is 0 Å². The Hall–Kier alpha value is -0.240. The van der Waals surface area contributed by atoms with Gasteiger partial charge in [-0.1, -0.05) is 171 Å². The van der Waals surface area contributed by atoms with E-state index in [0.717, 1.165) is 55.3 Å². The fraction of sp³-hybridized carbons (Fsp3) is 1.00. The van der Waals surface area contributed by atoms with E-state index in [1.54, 1.807) is 6.92 Å². The van der Waals surface area contributed by atoms with Crippen molar-refractivity contribution in [1.82, 2.24) is 0 Å². The van der Waals surface area contributed by atoms with Crippen molar-refractivity contribution in [1.29, 1.82) is 0 Å². The third-order valence-electron chi connectivity index (χ3n) is 10.0. The van der Waals surface area contributed by atoms with E-state index >= 15 is 0 Å². The first kappa shape index (κ1) is 47.9. The van der Waals surface area contributed by atoms with E-state index in [4.69, 9.17) is 20.4 Å². The molecule has 7 atom stereocenters. The molecule has 0 rings (SSSR count). The number of rotatable bonds is 28. The minimum atomic E-state index is -2.50. The summed E-state index contributed by atoms with van der Waals surface area (Å²) in [5.74, 6) is 2.39. The molecule has 0 fully saturated rings. The predicted molar refractivity (Wildman–Crippen MR) is 196 cm³/mol. The highest BCUT2D eigenvalue weighted by atomic mass is 16.7. The van der Waals surface area contributed by atoms with Crippen molar-refractivity contribution < 1.29 is 30.6 Å². The van der Waals surface area contributed by atoms with E-state index in [1.807, 2.05) is 6.92 Å². The molecule has 0 heterocycles. The molecule has 0 aliphatic heterocycles. The van der Waals surface area contributed by atoms with Crippen LogP contribution in [0.1, 0.15) is 191 Å². The van der Waals surface area contributed by atoms with Crippen molar-refractivity contribution in [3.63, 3.8) is 0 Å². The summed E-state index contributed by atoms with van der Waals surface area (Å²) in [4.78, 5) is 0. The zero-order chi connectivity index (χ0) is 35.8. The minimum absolute atomic E-state index is 0.0370. The van der Waals surface area contributed by atoms with Crippen LogP contribution in [0.3, 0.4) is 0 Å². The van der Waals surface area contributed by atoms with Crippen molar-refractivity contribution >= 4 is 0 Å². The molecule has 0 saturated heterocycles. The normalized spacial score (nSPS) is 17.6. The summed E-state index contributed by atoms with van der Waals surface area (Å²) in [5.41, 5.74) is -1.17. The Morgan fingerprint density at radius 1 is 0.435 bits per heavy atom. The molecule has 0 spiro atoms. The number of hydrogen-bond acceptors (Lipinski definition) is 6. The smallest absolute Gasteiger partial charge is 0.275 e. The van der Waals surface area contributed by atoms with Gasteiger partial charge in [-0.3, -0.25) is 0 Å². The molecule has 280 valence electrons. The van der Waals surface area contributed by atoms with Crippen LogP contribution in [-0.4, -0.2) is 54.9 Å². The Labute approximate surface area is 287 Å². The molecular formula is C40H84O6. The standard InChI is InChI=1S/2C20H42O3/c1-16(2)9-6-10-17(3)11-7-12-18(4)13-8-14-20(5,23)19(22)15-21;1-16(2)9-6-10-17(3)11-7-12-18(4)13-8-14-19(5)15-20(21,22)23/h2*16-19,21-23H,6-15H2,1-5H3. The Morgan fingerprint density at radius 3 is 1.00 bits per heavy atom. The van der Waals surface area contributed by atoms with Gasteiger partial charge in [0.15, 0.2) is 0 Å². The largest absolute Gasteiger partial charge is 0.394 e. The Kier molecular flexibility index (Phi) is 28.7. The highest BCUT2D eigenvalue weighted by Crippen LogP contribution is 2.25. The van der Waals surface area contributed by atoms with E-state index in [0.29, 0.717) is 12.3 Å². The maximum Gasteiger partial charge on any atom is 0.275 e. The zero-order valence-electron chi connectivity index (χ0n) is 32.4. The SMILES string of the molecule is CC(C)CCCC(C)CCCC(C)CCCC(C)(O)C(O)CO.CC(C)CCCC(C)CCCC(C)CCCC(C)CC(O)(O)O. The van der Waals surface area contributed by atoms with Crippen LogP contribution in [0, 0.1) is 41.4 Å². The van der Waals surface area contributed by atoms with Crippen LogP contribution in [0.25, 0.3) is 0 Å². The van der Waals surface area contributed by atoms with Crippen LogP contribution in [0.5, 0.6) is 0 Å². The van der Waals surface area contributed by atoms with Gasteiger partial charge >= 0.3 is 0 Å². The van der Waals surface area contributed by atoms with Gasteiger partial charge in [-0.05, 0) is 54.8 Å². The summed E-state index contributed by atoms with van der Waals surface area (Å²) in [6, 6.07) is 0. The molecule has 46 heavy (non-hydrogen) atoms. The molecule has 0 aliphatic rings. The second-order valence-electron chi connectivity index (χ2n) is 16.9. The summed E-state index contributed by atoms with van der Waals surface area (Å²) in [7, 11) is 0. The van der Waals surface area contributed by atoms with Crippen LogP contribution in [0.2, 0.25) is 0 Å². The van der Waals surface area contributed by atoms with Gasteiger partial charge in [-0.15, -0.1) is 0 Å². The summed E-state index contributed by atoms with van der Waals surface area (Å²) in [5, 5.41) is 55.4. The van der Waals surface area contributed by atoms with Crippen molar-refractivity contribution in [2.24, 2.45) is 41.4 Å². The first-order valence-electron chi connectivity index (χ1n) is 19.5. The van der Waals surface area contributed by atoms with Crippen molar-refractivity contribution in [3.05, 3.63) is 0 Å². The van der Waals surface area contributed by atoms with Gasteiger partial charge in [0.05, 0.1) is 12.2 Å². The highest BCUT2D eigenvalue weighted by molar-refractivity contribution is 4.81. The molecule has 6 nitrogen and oxygen atoms in total. The highest BCUT2D eigenvalue weighted by Gasteiger charge is 2.29. The van der Waals surface area contributed by atoms with Gasteiger partial charge in [0, 0.05) is 6.42 Å². The molecule has 0 radical (unpaired) electrons. The monoisotopic (exact) mass is 661 g/mol. The molecule has 7 unspecified atom stereocenters. The number of aliphatic hydroxyl groups excluding tert-OH is 2. The lowest BCUT2D eigenvalue weighted by Crippen LogP contribution is -2.41. The van der Waals surface area contributed by atoms with Crippen molar-refractivity contribution in [3.8, 4) is 0 Å². The number of hydrogen-bond donors (Lipinski definition) is 6. The van der Waals surface area contributed by atoms with E-state index < -0.39 is 17.7 Å². The quantitative estimate of drug-likeness (QED) is 0.0465. The fourth-order valence-corrected chi connectivity index (χ4v) is 6.51. The van der Waals surface area contributed by atoms with Crippen LogP contribution >= 0.6 is 0 Å². The van der Waals surface area contributed by atoms with Crippen LogP contribution in [-0.2, 0) is 0 Å². The lowest BCUT2D eigenvalue weighted by molar-refractivity contribution is -0.319. The van der Waals surface area contributed by atoms with Gasteiger partial charge < -0.3 is 30.6 Å².